The molecule has 3 aliphatic rings. The fraction of sp³-hybridized carbons (Fsp3) is 0.780. The first-order chi connectivity index (χ1) is 21.8. The molecule has 0 saturated heterocycles. The summed E-state index contributed by atoms with van der Waals surface area (Å²) in [6.45, 7) is 38.5. The van der Waals surface area contributed by atoms with Gasteiger partial charge in [-0.1, -0.05) is 92.2 Å². The molecule has 0 bridgehead atoms. The predicted octanol–water partition coefficient (Wildman–Crippen LogP) is 11.6. The molecule has 2 saturated carbocycles. The van der Waals surface area contributed by atoms with E-state index < -0.39 is 22.2 Å². The van der Waals surface area contributed by atoms with Gasteiger partial charge in [-0.3, -0.25) is 0 Å². The average Bonchev–Trinajstić information content (AvgIpc) is 3.28. The van der Waals surface area contributed by atoms with E-state index in [0.717, 1.165) is 56.9 Å². The lowest BCUT2D eigenvalue weighted by atomic mass is 9.63. The molecule has 0 aromatic rings. The number of hydrogen-bond acceptors (Lipinski definition) is 5. The molecule has 0 spiro atoms. The van der Waals surface area contributed by atoms with Gasteiger partial charge in [0.1, 0.15) is 12.2 Å². The minimum absolute atomic E-state index is 0.0144. The molecule has 0 heterocycles. The average molecular weight is 701 g/mol. The van der Waals surface area contributed by atoms with Crippen LogP contribution in [0.5, 0.6) is 0 Å². The smallest absolute Gasteiger partial charge is 0.332 e. The number of carbonyl (C=O) groups is 1. The maximum atomic E-state index is 12.6. The molecule has 0 aromatic heterocycles. The third-order valence-corrected chi connectivity index (χ3v) is 21.5. The fourth-order valence-corrected chi connectivity index (χ4v) is 10.2. The van der Waals surface area contributed by atoms with Gasteiger partial charge in [0, 0.05) is 6.42 Å². The Morgan fingerprint density at radius 2 is 1.62 bits per heavy atom. The van der Waals surface area contributed by atoms with E-state index >= 15 is 0 Å². The van der Waals surface area contributed by atoms with Gasteiger partial charge in [0.2, 0.25) is 0 Å². The Bertz CT molecular complexity index is 1260. The van der Waals surface area contributed by atoms with Crippen LogP contribution in [-0.4, -0.2) is 53.1 Å². The van der Waals surface area contributed by atoms with E-state index in [1.165, 1.54) is 16.7 Å². The first-order valence-electron chi connectivity index (χ1n) is 18.8. The normalized spacial score (nSPS) is 28.4. The zero-order valence-electron chi connectivity index (χ0n) is 33.7. The van der Waals surface area contributed by atoms with Crippen LogP contribution in [0.25, 0.3) is 0 Å². The van der Waals surface area contributed by atoms with Crippen molar-refractivity contribution < 1.29 is 23.1 Å². The van der Waals surface area contributed by atoms with Crippen molar-refractivity contribution in [3.05, 3.63) is 47.1 Å². The van der Waals surface area contributed by atoms with Gasteiger partial charge < -0.3 is 18.3 Å². The Labute approximate surface area is 297 Å². The maximum absolute atomic E-state index is 12.6. The van der Waals surface area contributed by atoms with E-state index in [2.05, 4.69) is 113 Å². The minimum atomic E-state index is -2.02. The topological polar surface area (TPSA) is 54.0 Å². The first kappa shape index (κ1) is 41.2. The number of rotatable bonds is 12. The van der Waals surface area contributed by atoms with Crippen LogP contribution in [0.15, 0.2) is 47.1 Å². The van der Waals surface area contributed by atoms with Crippen molar-refractivity contribution in [2.24, 2.45) is 11.3 Å². The zero-order chi connectivity index (χ0) is 36.5. The zero-order valence-corrected chi connectivity index (χ0v) is 35.7. The Kier molecular flexibility index (Phi) is 13.0. The van der Waals surface area contributed by atoms with Crippen molar-refractivity contribution in [2.75, 3.05) is 6.61 Å². The van der Waals surface area contributed by atoms with Gasteiger partial charge in [-0.15, -0.1) is 0 Å². The fourth-order valence-electron chi connectivity index (χ4n) is 7.52. The molecule has 2 fully saturated rings. The van der Waals surface area contributed by atoms with Gasteiger partial charge in [-0.25, -0.2) is 4.79 Å². The molecule has 7 heteroatoms. The van der Waals surface area contributed by atoms with E-state index in [4.69, 9.17) is 18.3 Å². The van der Waals surface area contributed by atoms with Crippen LogP contribution in [0.4, 0.5) is 0 Å². The highest BCUT2D eigenvalue weighted by molar-refractivity contribution is 6.74. The number of carbonyl (C=O) groups excluding carboxylic acids is 1. The molecule has 0 N–H and O–H groups in total. The van der Waals surface area contributed by atoms with Crippen molar-refractivity contribution in [1.82, 2.24) is 0 Å². The lowest BCUT2D eigenvalue weighted by Gasteiger charge is -2.45. The lowest BCUT2D eigenvalue weighted by Crippen LogP contribution is -2.49. The summed E-state index contributed by atoms with van der Waals surface area (Å²) in [6.07, 6.45) is 15.1. The maximum Gasteiger partial charge on any atom is 0.332 e. The Morgan fingerprint density at radius 1 is 1.02 bits per heavy atom. The summed E-state index contributed by atoms with van der Waals surface area (Å²) in [4.78, 5) is 12.6. The van der Waals surface area contributed by atoms with Gasteiger partial charge in [-0.05, 0) is 124 Å². The minimum Gasteiger partial charge on any atom is -0.458 e. The van der Waals surface area contributed by atoms with Crippen molar-refractivity contribution in [2.45, 2.75) is 188 Å². The number of allylic oxidation sites excluding steroid dienone is 4. The second-order valence-corrected chi connectivity index (χ2v) is 28.4. The summed E-state index contributed by atoms with van der Waals surface area (Å²) in [6, 6.07) is 0. The summed E-state index contributed by atoms with van der Waals surface area (Å²) in [7, 11) is -3.98. The van der Waals surface area contributed by atoms with Crippen LogP contribution in [0.2, 0.25) is 36.3 Å². The third kappa shape index (κ3) is 9.74. The number of esters is 1. The van der Waals surface area contributed by atoms with Crippen molar-refractivity contribution in [3.8, 4) is 0 Å². The molecule has 0 aromatic carbocycles. The molecule has 5 atom stereocenters. The number of hydrogen-bond donors (Lipinski definition) is 0. The highest BCUT2D eigenvalue weighted by Crippen LogP contribution is 2.56. The van der Waals surface area contributed by atoms with Gasteiger partial charge in [-0.2, -0.15) is 0 Å². The van der Waals surface area contributed by atoms with E-state index in [1.54, 1.807) is 0 Å². The van der Waals surface area contributed by atoms with Crippen LogP contribution < -0.4 is 0 Å². The number of fused-ring (bicyclic) bond motifs is 1. The Balaban J connectivity index is 1.82. The molecule has 0 aliphatic heterocycles. The second-order valence-electron chi connectivity index (χ2n) is 18.9. The molecule has 0 amide bonds. The molecule has 3 aliphatic carbocycles. The highest BCUT2D eigenvalue weighted by Gasteiger charge is 2.47. The quantitative estimate of drug-likeness (QED) is 0.115. The van der Waals surface area contributed by atoms with Gasteiger partial charge in [0.15, 0.2) is 16.6 Å². The second kappa shape index (κ2) is 15.2. The molecule has 0 radical (unpaired) electrons. The molecule has 3 rings (SSSR count). The van der Waals surface area contributed by atoms with Crippen LogP contribution in [-0.2, 0) is 23.1 Å². The summed E-state index contributed by atoms with van der Waals surface area (Å²) in [5.41, 5.74) is 4.82. The molecule has 1 unspecified atom stereocenters. The van der Waals surface area contributed by atoms with Crippen LogP contribution in [0, 0.1) is 11.3 Å². The summed E-state index contributed by atoms with van der Waals surface area (Å²) in [5.74, 6) is 0.158. The molecule has 274 valence electrons. The third-order valence-electron chi connectivity index (χ3n) is 12.5. The van der Waals surface area contributed by atoms with Gasteiger partial charge >= 0.3 is 5.97 Å². The molecule has 48 heavy (non-hydrogen) atoms. The summed E-state index contributed by atoms with van der Waals surface area (Å²) in [5, 5.41) is 0.272. The van der Waals surface area contributed by atoms with E-state index in [9.17, 15) is 4.79 Å². The molecular formula is C41H72O5Si2. The van der Waals surface area contributed by atoms with Crippen molar-refractivity contribution in [3.63, 3.8) is 0 Å². The monoisotopic (exact) mass is 700 g/mol. The Morgan fingerprint density at radius 3 is 2.21 bits per heavy atom. The first-order valence-corrected chi connectivity index (χ1v) is 24.6. The van der Waals surface area contributed by atoms with Crippen molar-refractivity contribution >= 4 is 22.6 Å². The highest BCUT2D eigenvalue weighted by atomic mass is 28.4. The van der Waals surface area contributed by atoms with Crippen LogP contribution in [0.1, 0.15) is 128 Å². The SMILES string of the molecule is C=C1/C(=C\C=C2/CCC[C@]3(C)C(C(C)OCC(=O)OC(C)(C)CCC)=CC[C@@H]23)C[C@@H](O[Si](C)(C)C(C)(C)C)C[C@@H]1O[Si](C)(C)C(C)(C)C. The van der Waals surface area contributed by atoms with Crippen LogP contribution in [0.3, 0.4) is 0 Å². The van der Waals surface area contributed by atoms with E-state index in [0.29, 0.717) is 5.92 Å². The van der Waals surface area contributed by atoms with E-state index in [-0.39, 0.29) is 46.4 Å². The van der Waals surface area contributed by atoms with Crippen molar-refractivity contribution in [1.29, 1.82) is 0 Å². The Hall–Kier alpha value is -1.26. The molecular weight excluding hydrogens is 629 g/mol. The predicted molar refractivity (Wildman–Crippen MR) is 207 cm³/mol. The number of ether oxygens (including phenoxy) is 2. The van der Waals surface area contributed by atoms with Gasteiger partial charge in [0.05, 0.1) is 18.3 Å². The standard InChI is InChI=1S/C41H72O5Si2/c1-17-24-40(10,11)44-37(42)28-43-30(3)34-22-23-35-31(19-18-25-41(34,35)12)20-21-32-26-33(45-47(13,14)38(4,5)6)27-36(29(32)2)46-48(15,16)39(7,8)9/h20-22,30,33,35-36H,2,17-19,23-28H2,1,3-16H3/b31-20+,32-21-/t30?,33-,35+,36+,41-/m1/s1. The summed E-state index contributed by atoms with van der Waals surface area (Å²) < 4.78 is 26.0. The largest absolute Gasteiger partial charge is 0.458 e. The van der Waals surface area contributed by atoms with Gasteiger partial charge in [0.25, 0.3) is 0 Å². The van der Waals surface area contributed by atoms with Crippen LogP contribution >= 0.6 is 0 Å². The lowest BCUT2D eigenvalue weighted by molar-refractivity contribution is -0.163. The van der Waals surface area contributed by atoms with E-state index in [1.807, 2.05) is 13.8 Å². The summed E-state index contributed by atoms with van der Waals surface area (Å²) >= 11 is 0. The molecule has 5 nitrogen and oxygen atoms in total.